The summed E-state index contributed by atoms with van der Waals surface area (Å²) in [6.07, 6.45) is -3.40. The first-order valence-corrected chi connectivity index (χ1v) is 8.39. The van der Waals surface area contributed by atoms with E-state index in [9.17, 15) is 22.8 Å². The molecule has 0 aliphatic rings. The molecule has 1 aromatic heterocycles. The van der Waals surface area contributed by atoms with Gasteiger partial charge in [-0.3, -0.25) is 4.79 Å². The van der Waals surface area contributed by atoms with Crippen LogP contribution in [0.3, 0.4) is 0 Å². The number of benzene rings is 2. The van der Waals surface area contributed by atoms with Crippen molar-refractivity contribution >= 4 is 29.2 Å². The van der Waals surface area contributed by atoms with E-state index in [2.05, 4.69) is 15.0 Å². The quantitative estimate of drug-likeness (QED) is 0.592. The van der Waals surface area contributed by atoms with Crippen LogP contribution in [0.2, 0.25) is 5.02 Å². The Bertz CT molecular complexity index is 1060. The second-order valence-corrected chi connectivity index (χ2v) is 6.16. The summed E-state index contributed by atoms with van der Waals surface area (Å²) in [5.74, 6) is -1.32. The van der Waals surface area contributed by atoms with Crippen molar-refractivity contribution in [3.63, 3.8) is 0 Å². The van der Waals surface area contributed by atoms with Crippen molar-refractivity contribution in [1.82, 2.24) is 4.98 Å². The summed E-state index contributed by atoms with van der Waals surface area (Å²) in [6.45, 7) is 0. The van der Waals surface area contributed by atoms with E-state index in [1.807, 2.05) is 0 Å². The number of methoxy groups -OCH3 is 1. The predicted molar refractivity (Wildman–Crippen MR) is 97.7 cm³/mol. The first-order valence-electron chi connectivity index (χ1n) is 8.01. The number of aromatic nitrogens is 1. The number of nitrogens with one attached hydrogen (secondary N) is 1. The summed E-state index contributed by atoms with van der Waals surface area (Å²) in [5.41, 5.74) is -0.343. The molecule has 0 saturated carbocycles. The standard InChI is InChI=1S/C19H12ClF3N2O4/c1-28-18(27)11-4-7-13(20)14(8-11)24-16(26)15-9-29-17(25-15)10-2-5-12(6-3-10)19(21,22)23/h2-9H,1H3,(H,24,26). The van der Waals surface area contributed by atoms with Gasteiger partial charge in [-0.1, -0.05) is 11.6 Å². The topological polar surface area (TPSA) is 81.4 Å². The first kappa shape index (κ1) is 20.4. The second-order valence-electron chi connectivity index (χ2n) is 5.75. The van der Waals surface area contributed by atoms with E-state index in [0.29, 0.717) is 0 Å². The van der Waals surface area contributed by atoms with Crippen LogP contribution in [0, 0.1) is 0 Å². The fourth-order valence-corrected chi connectivity index (χ4v) is 2.53. The number of rotatable bonds is 4. The normalized spacial score (nSPS) is 11.2. The highest BCUT2D eigenvalue weighted by molar-refractivity contribution is 6.34. The number of alkyl halides is 3. The Morgan fingerprint density at radius 1 is 1.14 bits per heavy atom. The monoisotopic (exact) mass is 424 g/mol. The van der Waals surface area contributed by atoms with Crippen LogP contribution in [0.15, 0.2) is 53.1 Å². The van der Waals surface area contributed by atoms with E-state index in [-0.39, 0.29) is 33.4 Å². The molecule has 0 fully saturated rings. The molecule has 29 heavy (non-hydrogen) atoms. The van der Waals surface area contributed by atoms with Gasteiger partial charge in [-0.2, -0.15) is 13.2 Å². The van der Waals surface area contributed by atoms with Gasteiger partial charge in [0, 0.05) is 5.56 Å². The number of hydrogen-bond donors (Lipinski definition) is 1. The largest absolute Gasteiger partial charge is 0.465 e. The smallest absolute Gasteiger partial charge is 0.416 e. The maximum Gasteiger partial charge on any atom is 0.416 e. The van der Waals surface area contributed by atoms with Gasteiger partial charge in [0.15, 0.2) is 5.69 Å². The zero-order valence-corrected chi connectivity index (χ0v) is 15.5. The number of anilines is 1. The Kier molecular flexibility index (Phi) is 5.60. The summed E-state index contributed by atoms with van der Waals surface area (Å²) in [4.78, 5) is 28.0. The highest BCUT2D eigenvalue weighted by atomic mass is 35.5. The number of hydrogen-bond acceptors (Lipinski definition) is 5. The molecule has 0 spiro atoms. The molecule has 1 N–H and O–H groups in total. The molecule has 0 radical (unpaired) electrons. The fourth-order valence-electron chi connectivity index (χ4n) is 2.36. The van der Waals surface area contributed by atoms with E-state index in [4.69, 9.17) is 16.0 Å². The maximum absolute atomic E-state index is 12.6. The van der Waals surface area contributed by atoms with Crippen LogP contribution >= 0.6 is 11.6 Å². The molecular weight excluding hydrogens is 413 g/mol. The molecule has 0 atom stereocenters. The Balaban J connectivity index is 1.79. The van der Waals surface area contributed by atoms with Crippen molar-refractivity contribution in [3.8, 4) is 11.5 Å². The third-order valence-electron chi connectivity index (χ3n) is 3.83. The lowest BCUT2D eigenvalue weighted by Gasteiger charge is -2.07. The zero-order valence-electron chi connectivity index (χ0n) is 14.7. The van der Waals surface area contributed by atoms with E-state index >= 15 is 0 Å². The molecule has 3 rings (SSSR count). The molecule has 150 valence electrons. The van der Waals surface area contributed by atoms with Gasteiger partial charge in [-0.15, -0.1) is 0 Å². The summed E-state index contributed by atoms with van der Waals surface area (Å²) < 4.78 is 47.7. The lowest BCUT2D eigenvalue weighted by atomic mass is 10.1. The van der Waals surface area contributed by atoms with Crippen LogP contribution in [0.4, 0.5) is 18.9 Å². The van der Waals surface area contributed by atoms with Crippen LogP contribution in [-0.2, 0) is 10.9 Å². The number of oxazole rings is 1. The van der Waals surface area contributed by atoms with Crippen molar-refractivity contribution in [1.29, 1.82) is 0 Å². The Morgan fingerprint density at radius 3 is 2.45 bits per heavy atom. The molecule has 1 heterocycles. The van der Waals surface area contributed by atoms with Crippen molar-refractivity contribution in [2.24, 2.45) is 0 Å². The van der Waals surface area contributed by atoms with Crippen molar-refractivity contribution < 1.29 is 31.9 Å². The van der Waals surface area contributed by atoms with E-state index in [1.54, 1.807) is 0 Å². The van der Waals surface area contributed by atoms with Crippen LogP contribution in [0.1, 0.15) is 26.4 Å². The van der Waals surface area contributed by atoms with Crippen LogP contribution in [-0.4, -0.2) is 24.0 Å². The number of ether oxygens (including phenoxy) is 1. The van der Waals surface area contributed by atoms with Gasteiger partial charge in [0.2, 0.25) is 5.89 Å². The average Bonchev–Trinajstić information content (AvgIpc) is 3.19. The van der Waals surface area contributed by atoms with Crippen molar-refractivity contribution in [2.45, 2.75) is 6.18 Å². The van der Waals surface area contributed by atoms with Gasteiger partial charge < -0.3 is 14.5 Å². The summed E-state index contributed by atoms with van der Waals surface area (Å²) in [5, 5.41) is 2.67. The number of nitrogens with zero attached hydrogens (tertiary/aromatic N) is 1. The van der Waals surface area contributed by atoms with Gasteiger partial charge in [0.25, 0.3) is 5.91 Å². The van der Waals surface area contributed by atoms with Gasteiger partial charge in [-0.25, -0.2) is 9.78 Å². The average molecular weight is 425 g/mol. The lowest BCUT2D eigenvalue weighted by molar-refractivity contribution is -0.137. The Labute approximate surface area is 167 Å². The summed E-state index contributed by atoms with van der Waals surface area (Å²) >= 11 is 6.03. The highest BCUT2D eigenvalue weighted by Crippen LogP contribution is 2.31. The van der Waals surface area contributed by atoms with Crippen molar-refractivity contribution in [2.75, 3.05) is 12.4 Å². The van der Waals surface area contributed by atoms with Gasteiger partial charge in [0.05, 0.1) is 28.9 Å². The Hall–Kier alpha value is -3.33. The van der Waals surface area contributed by atoms with E-state index in [1.165, 1.54) is 37.4 Å². The molecule has 0 aliphatic heterocycles. The molecule has 0 aliphatic carbocycles. The fraction of sp³-hybridized carbons (Fsp3) is 0.105. The number of carbonyl (C=O) groups is 2. The number of halogens is 4. The predicted octanol–water partition coefficient (Wildman–Crippen LogP) is 5.05. The SMILES string of the molecule is COC(=O)c1ccc(Cl)c(NC(=O)c2coc(-c3ccc(C(F)(F)F)cc3)n2)c1. The van der Waals surface area contributed by atoms with Crippen LogP contribution < -0.4 is 5.32 Å². The van der Waals surface area contributed by atoms with Gasteiger partial charge >= 0.3 is 12.1 Å². The molecule has 0 saturated heterocycles. The number of esters is 1. The third kappa shape index (κ3) is 4.57. The molecular formula is C19H12ClF3N2O4. The van der Waals surface area contributed by atoms with Crippen LogP contribution in [0.25, 0.3) is 11.5 Å². The molecule has 10 heteroatoms. The molecule has 0 unspecified atom stereocenters. The third-order valence-corrected chi connectivity index (χ3v) is 4.16. The van der Waals surface area contributed by atoms with Gasteiger partial charge in [0.1, 0.15) is 6.26 Å². The van der Waals surface area contributed by atoms with E-state index < -0.39 is 23.6 Å². The first-order chi connectivity index (χ1) is 13.7. The summed E-state index contributed by atoms with van der Waals surface area (Å²) in [7, 11) is 1.22. The zero-order chi connectivity index (χ0) is 21.2. The van der Waals surface area contributed by atoms with Crippen LogP contribution in [0.5, 0.6) is 0 Å². The van der Waals surface area contributed by atoms with Crippen molar-refractivity contribution in [3.05, 3.63) is 70.6 Å². The summed E-state index contributed by atoms with van der Waals surface area (Å²) in [6, 6.07) is 8.33. The molecule has 6 nitrogen and oxygen atoms in total. The number of carbonyl (C=O) groups excluding carboxylic acids is 2. The number of amides is 1. The minimum absolute atomic E-state index is 0.0294. The minimum atomic E-state index is -4.46. The van der Waals surface area contributed by atoms with Gasteiger partial charge in [-0.05, 0) is 42.5 Å². The highest BCUT2D eigenvalue weighted by Gasteiger charge is 2.30. The molecule has 1 amide bonds. The second kappa shape index (κ2) is 7.96. The maximum atomic E-state index is 12.6. The van der Waals surface area contributed by atoms with E-state index in [0.717, 1.165) is 18.4 Å². The molecule has 3 aromatic rings. The molecule has 2 aromatic carbocycles. The minimum Gasteiger partial charge on any atom is -0.465 e. The Morgan fingerprint density at radius 2 is 1.83 bits per heavy atom. The molecule has 0 bridgehead atoms. The lowest BCUT2D eigenvalue weighted by Crippen LogP contribution is -2.13.